The van der Waals surface area contributed by atoms with E-state index in [9.17, 15) is 4.79 Å². The average Bonchev–Trinajstić information content (AvgIpc) is 2.41. The number of piperidine rings is 4. The van der Waals surface area contributed by atoms with Crippen LogP contribution in [0.15, 0.2) is 0 Å². The zero-order valence-corrected chi connectivity index (χ0v) is 12.1. The minimum Gasteiger partial charge on any atom is -0.339 e. The van der Waals surface area contributed by atoms with Crippen LogP contribution in [0.3, 0.4) is 0 Å². The summed E-state index contributed by atoms with van der Waals surface area (Å²) >= 11 is 0. The highest BCUT2D eigenvalue weighted by Crippen LogP contribution is 2.45. The Morgan fingerprint density at radius 2 is 1.95 bits per heavy atom. The minimum absolute atomic E-state index is 0.449. The zero-order valence-electron chi connectivity index (χ0n) is 12.1. The van der Waals surface area contributed by atoms with Crippen LogP contribution in [0, 0.1) is 17.8 Å². The van der Waals surface area contributed by atoms with Crippen LogP contribution in [-0.4, -0.2) is 47.4 Å². The summed E-state index contributed by atoms with van der Waals surface area (Å²) in [6, 6.07) is 1.38. The highest BCUT2D eigenvalue weighted by atomic mass is 16.2. The Labute approximate surface area is 116 Å². The number of carbonyl (C=O) groups excluding carboxylic acids is 1. The molecule has 0 N–H and O–H groups in total. The van der Waals surface area contributed by atoms with Crippen LogP contribution in [0.2, 0.25) is 0 Å². The molecule has 4 saturated heterocycles. The normalized spacial score (nSPS) is 46.7. The molecule has 3 nitrogen and oxygen atoms in total. The molecule has 0 saturated carbocycles. The van der Waals surface area contributed by atoms with E-state index in [4.69, 9.17) is 0 Å². The predicted molar refractivity (Wildman–Crippen MR) is 74.7 cm³/mol. The summed E-state index contributed by atoms with van der Waals surface area (Å²) in [4.78, 5) is 17.4. The smallest absolute Gasteiger partial charge is 0.223 e. The molecule has 4 aliphatic rings. The Hall–Kier alpha value is -0.570. The number of hydrogen-bond donors (Lipinski definition) is 0. The fourth-order valence-electron chi connectivity index (χ4n) is 5.49. The van der Waals surface area contributed by atoms with Crippen molar-refractivity contribution in [2.75, 3.05) is 19.6 Å². The van der Waals surface area contributed by atoms with Gasteiger partial charge in [0.1, 0.15) is 0 Å². The molecule has 5 atom stereocenters. The molecule has 4 fully saturated rings. The zero-order chi connectivity index (χ0) is 13.0. The van der Waals surface area contributed by atoms with Gasteiger partial charge in [0.2, 0.25) is 5.91 Å². The van der Waals surface area contributed by atoms with Gasteiger partial charge in [-0.1, -0.05) is 6.92 Å². The standard InChI is InChI=1S/C16H26N2O/c1-11-8-14-13-5-3-7-17-6-2-4-12(16(13)17)10-18(14)15(19)9-11/h11-14,16H,2-10H2,1H3/t11-,12-,13+,14+,16-/m0/s1. The summed E-state index contributed by atoms with van der Waals surface area (Å²) in [5.41, 5.74) is 0. The van der Waals surface area contributed by atoms with Crippen molar-refractivity contribution in [3.8, 4) is 0 Å². The molecule has 0 aromatic rings. The molecule has 0 radical (unpaired) electrons. The van der Waals surface area contributed by atoms with E-state index in [1.165, 1.54) is 45.2 Å². The molecule has 19 heavy (non-hydrogen) atoms. The Morgan fingerprint density at radius 1 is 1.16 bits per heavy atom. The van der Waals surface area contributed by atoms with Crippen LogP contribution >= 0.6 is 0 Å². The molecule has 4 aliphatic heterocycles. The first-order valence-electron chi connectivity index (χ1n) is 8.27. The summed E-state index contributed by atoms with van der Waals surface area (Å²) in [5, 5.41) is 0. The molecule has 0 aromatic carbocycles. The number of carbonyl (C=O) groups is 1. The second-order valence-electron chi connectivity index (χ2n) is 7.39. The summed E-state index contributed by atoms with van der Waals surface area (Å²) in [5.74, 6) is 2.60. The lowest BCUT2D eigenvalue weighted by Crippen LogP contribution is -2.67. The first kappa shape index (κ1) is 12.2. The van der Waals surface area contributed by atoms with Crippen molar-refractivity contribution in [2.24, 2.45) is 17.8 Å². The van der Waals surface area contributed by atoms with E-state index in [0.29, 0.717) is 17.9 Å². The highest BCUT2D eigenvalue weighted by molar-refractivity contribution is 5.78. The van der Waals surface area contributed by atoms with Gasteiger partial charge in [-0.05, 0) is 62.9 Å². The molecule has 4 heterocycles. The third kappa shape index (κ3) is 1.84. The molecular formula is C16H26N2O. The molecule has 0 aromatic heterocycles. The van der Waals surface area contributed by atoms with E-state index in [1.807, 2.05) is 0 Å². The number of amides is 1. The molecule has 4 rings (SSSR count). The lowest BCUT2D eigenvalue weighted by atomic mass is 9.67. The maximum absolute atomic E-state index is 12.4. The molecule has 1 amide bonds. The fourth-order valence-corrected chi connectivity index (χ4v) is 5.49. The van der Waals surface area contributed by atoms with Crippen molar-refractivity contribution in [2.45, 2.75) is 57.5 Å². The molecule has 3 heteroatoms. The molecule has 0 aliphatic carbocycles. The molecule has 0 unspecified atom stereocenters. The van der Waals surface area contributed by atoms with Gasteiger partial charge in [0, 0.05) is 25.0 Å². The Balaban J connectivity index is 1.65. The Kier molecular flexibility index (Phi) is 2.87. The van der Waals surface area contributed by atoms with E-state index in [0.717, 1.165) is 30.8 Å². The molecular weight excluding hydrogens is 236 g/mol. The maximum Gasteiger partial charge on any atom is 0.223 e. The van der Waals surface area contributed by atoms with E-state index in [1.54, 1.807) is 0 Å². The maximum atomic E-state index is 12.4. The summed E-state index contributed by atoms with van der Waals surface area (Å²) in [7, 11) is 0. The highest BCUT2D eigenvalue weighted by Gasteiger charge is 2.51. The monoisotopic (exact) mass is 262 g/mol. The Bertz CT molecular complexity index is 381. The second-order valence-corrected chi connectivity index (χ2v) is 7.39. The van der Waals surface area contributed by atoms with Crippen molar-refractivity contribution >= 4 is 5.91 Å². The van der Waals surface area contributed by atoms with E-state index < -0.39 is 0 Å². The van der Waals surface area contributed by atoms with Crippen LogP contribution in [0.4, 0.5) is 0 Å². The molecule has 0 spiro atoms. The quantitative estimate of drug-likeness (QED) is 0.667. The number of nitrogens with zero attached hydrogens (tertiary/aromatic N) is 2. The van der Waals surface area contributed by atoms with Crippen molar-refractivity contribution in [1.82, 2.24) is 9.80 Å². The molecule has 0 bridgehead atoms. The van der Waals surface area contributed by atoms with E-state index in [2.05, 4.69) is 16.7 Å². The fraction of sp³-hybridized carbons (Fsp3) is 0.938. The predicted octanol–water partition coefficient (Wildman–Crippen LogP) is 2.12. The summed E-state index contributed by atoms with van der Waals surface area (Å²) < 4.78 is 0. The first-order valence-corrected chi connectivity index (χ1v) is 8.27. The van der Waals surface area contributed by atoms with Crippen molar-refractivity contribution < 1.29 is 4.79 Å². The van der Waals surface area contributed by atoms with Gasteiger partial charge in [-0.15, -0.1) is 0 Å². The third-order valence-electron chi connectivity index (χ3n) is 6.16. The van der Waals surface area contributed by atoms with Gasteiger partial charge < -0.3 is 4.90 Å². The SMILES string of the molecule is C[C@@H]1CC(=O)N2C[C@@H]3CCCN4CCC[C@@H]([C@H]34)[C@H]2C1. The number of fused-ring (bicyclic) bond motifs is 2. The van der Waals surface area contributed by atoms with Gasteiger partial charge in [-0.25, -0.2) is 0 Å². The first-order chi connectivity index (χ1) is 9.24. The second kappa shape index (κ2) is 4.47. The lowest BCUT2D eigenvalue weighted by Gasteiger charge is -2.59. The van der Waals surface area contributed by atoms with Crippen LogP contribution in [-0.2, 0) is 4.79 Å². The minimum atomic E-state index is 0.449. The van der Waals surface area contributed by atoms with Gasteiger partial charge in [0.25, 0.3) is 0 Å². The summed E-state index contributed by atoms with van der Waals surface area (Å²) in [6.45, 7) is 5.96. The van der Waals surface area contributed by atoms with Crippen LogP contribution in [0.1, 0.15) is 45.4 Å². The van der Waals surface area contributed by atoms with E-state index in [-0.39, 0.29) is 0 Å². The number of rotatable bonds is 0. The van der Waals surface area contributed by atoms with Gasteiger partial charge >= 0.3 is 0 Å². The van der Waals surface area contributed by atoms with Crippen LogP contribution < -0.4 is 0 Å². The van der Waals surface area contributed by atoms with Crippen LogP contribution in [0.5, 0.6) is 0 Å². The average molecular weight is 262 g/mol. The van der Waals surface area contributed by atoms with Gasteiger partial charge in [-0.3, -0.25) is 9.69 Å². The van der Waals surface area contributed by atoms with Gasteiger partial charge in [0.05, 0.1) is 0 Å². The van der Waals surface area contributed by atoms with Gasteiger partial charge in [-0.2, -0.15) is 0 Å². The van der Waals surface area contributed by atoms with Crippen molar-refractivity contribution in [1.29, 1.82) is 0 Å². The van der Waals surface area contributed by atoms with Crippen molar-refractivity contribution in [3.05, 3.63) is 0 Å². The number of hydrogen-bond acceptors (Lipinski definition) is 2. The lowest BCUT2D eigenvalue weighted by molar-refractivity contribution is -0.153. The van der Waals surface area contributed by atoms with Gasteiger partial charge in [0.15, 0.2) is 0 Å². The summed E-state index contributed by atoms with van der Waals surface area (Å²) in [6.07, 6.45) is 7.46. The van der Waals surface area contributed by atoms with E-state index >= 15 is 0 Å². The largest absolute Gasteiger partial charge is 0.339 e. The third-order valence-corrected chi connectivity index (χ3v) is 6.16. The topological polar surface area (TPSA) is 23.6 Å². The van der Waals surface area contributed by atoms with Crippen molar-refractivity contribution in [3.63, 3.8) is 0 Å². The Morgan fingerprint density at radius 3 is 2.79 bits per heavy atom. The van der Waals surface area contributed by atoms with Crippen LogP contribution in [0.25, 0.3) is 0 Å². The molecule has 106 valence electrons.